The molecule has 0 radical (unpaired) electrons. The smallest absolute Gasteiger partial charge is 0.229 e. The van der Waals surface area contributed by atoms with Crippen molar-refractivity contribution in [1.29, 1.82) is 0 Å². The highest BCUT2D eigenvalue weighted by molar-refractivity contribution is 9.10. The molecule has 1 heterocycles. The lowest BCUT2D eigenvalue weighted by atomic mass is 10.0. The molecule has 0 fully saturated rings. The second-order valence-electron chi connectivity index (χ2n) is 3.80. The Balaban J connectivity index is 2.45. The summed E-state index contributed by atoms with van der Waals surface area (Å²) in [5.41, 5.74) is 2.81. The maximum atomic E-state index is 12.1. The average molecular weight is 279 g/mol. The molecule has 0 aliphatic rings. The van der Waals surface area contributed by atoms with E-state index in [0.717, 1.165) is 11.1 Å². The highest BCUT2D eigenvalue weighted by atomic mass is 79.9. The Bertz CT molecular complexity index is 520. The summed E-state index contributed by atoms with van der Waals surface area (Å²) in [6.07, 6.45) is 1.50. The van der Waals surface area contributed by atoms with Gasteiger partial charge in [-0.25, -0.2) is 0 Å². The summed E-state index contributed by atoms with van der Waals surface area (Å²) in [5, 5.41) is 0. The first-order chi connectivity index (χ1) is 7.58. The van der Waals surface area contributed by atoms with Crippen LogP contribution in [-0.2, 0) is 0 Å². The van der Waals surface area contributed by atoms with Crippen molar-refractivity contribution in [3.63, 3.8) is 0 Å². The van der Waals surface area contributed by atoms with Crippen LogP contribution in [0.4, 0.5) is 0 Å². The van der Waals surface area contributed by atoms with Crippen LogP contribution in [0.3, 0.4) is 0 Å². The third-order valence-corrected chi connectivity index (χ3v) is 2.93. The van der Waals surface area contributed by atoms with Crippen LogP contribution in [0.5, 0.6) is 0 Å². The van der Waals surface area contributed by atoms with E-state index < -0.39 is 0 Å². The lowest BCUT2D eigenvalue weighted by Crippen LogP contribution is -2.01. The quantitative estimate of drug-likeness (QED) is 0.781. The lowest BCUT2D eigenvalue weighted by Gasteiger charge is -2.02. The largest absolute Gasteiger partial charge is 0.460 e. The summed E-state index contributed by atoms with van der Waals surface area (Å²) in [6.45, 7) is 3.95. The Labute approximate surface area is 102 Å². The van der Waals surface area contributed by atoms with Crippen molar-refractivity contribution in [1.82, 2.24) is 0 Å². The molecule has 0 N–H and O–H groups in total. The molecule has 1 aromatic heterocycles. The Hall–Kier alpha value is -1.35. The Morgan fingerprint density at radius 1 is 1.19 bits per heavy atom. The predicted octanol–water partition coefficient (Wildman–Crippen LogP) is 3.89. The van der Waals surface area contributed by atoms with Gasteiger partial charge < -0.3 is 4.42 Å². The Kier molecular flexibility index (Phi) is 2.97. The number of hydrogen-bond acceptors (Lipinski definition) is 2. The molecule has 2 rings (SSSR count). The minimum atomic E-state index is -0.0938. The lowest BCUT2D eigenvalue weighted by molar-refractivity contribution is 0.101. The zero-order chi connectivity index (χ0) is 11.7. The number of aryl methyl sites for hydroxylation is 2. The molecule has 0 saturated carbocycles. The predicted molar refractivity (Wildman–Crippen MR) is 65.8 cm³/mol. The first-order valence-electron chi connectivity index (χ1n) is 4.94. The summed E-state index contributed by atoms with van der Waals surface area (Å²) >= 11 is 3.29. The summed E-state index contributed by atoms with van der Waals surface area (Å²) in [6, 6.07) is 7.48. The van der Waals surface area contributed by atoms with Crippen molar-refractivity contribution in [3.8, 4) is 0 Å². The van der Waals surface area contributed by atoms with Gasteiger partial charge in [-0.15, -0.1) is 0 Å². The van der Waals surface area contributed by atoms with Crippen LogP contribution < -0.4 is 0 Å². The van der Waals surface area contributed by atoms with Gasteiger partial charge in [-0.1, -0.05) is 17.2 Å². The molecule has 1 aromatic carbocycles. The molecule has 0 atom stereocenters. The van der Waals surface area contributed by atoms with Gasteiger partial charge in [0.2, 0.25) is 5.78 Å². The van der Waals surface area contributed by atoms with Crippen LogP contribution in [0.15, 0.2) is 39.4 Å². The van der Waals surface area contributed by atoms with Gasteiger partial charge in [0.25, 0.3) is 0 Å². The van der Waals surface area contributed by atoms with Gasteiger partial charge in [-0.3, -0.25) is 4.79 Å². The van der Waals surface area contributed by atoms with Gasteiger partial charge >= 0.3 is 0 Å². The van der Waals surface area contributed by atoms with E-state index >= 15 is 0 Å². The summed E-state index contributed by atoms with van der Waals surface area (Å²) in [7, 11) is 0. The van der Waals surface area contributed by atoms with Crippen LogP contribution in [0, 0.1) is 13.8 Å². The Morgan fingerprint density at radius 3 is 2.31 bits per heavy atom. The maximum absolute atomic E-state index is 12.1. The molecule has 0 unspecified atom stereocenters. The van der Waals surface area contributed by atoms with Crippen molar-refractivity contribution >= 4 is 21.7 Å². The van der Waals surface area contributed by atoms with E-state index in [1.807, 2.05) is 32.0 Å². The molecule has 0 saturated heterocycles. The van der Waals surface area contributed by atoms with Gasteiger partial charge in [-0.05, 0) is 48.0 Å². The molecule has 0 amide bonds. The molecule has 2 aromatic rings. The van der Waals surface area contributed by atoms with E-state index in [9.17, 15) is 4.79 Å². The average Bonchev–Trinajstić information content (AvgIpc) is 2.62. The molecule has 0 bridgehead atoms. The number of ketones is 1. The van der Waals surface area contributed by atoms with Crippen molar-refractivity contribution in [3.05, 3.63) is 57.5 Å². The highest BCUT2D eigenvalue weighted by Crippen LogP contribution is 2.22. The first kappa shape index (κ1) is 11.1. The number of benzene rings is 1. The fraction of sp³-hybridized carbons (Fsp3) is 0.154. The topological polar surface area (TPSA) is 30.2 Å². The van der Waals surface area contributed by atoms with Crippen molar-refractivity contribution < 1.29 is 9.21 Å². The van der Waals surface area contributed by atoms with E-state index in [1.165, 1.54) is 6.26 Å². The van der Waals surface area contributed by atoms with Gasteiger partial charge in [-0.2, -0.15) is 0 Å². The van der Waals surface area contributed by atoms with Gasteiger partial charge in [0.05, 0.1) is 10.7 Å². The normalized spacial score (nSPS) is 10.4. The molecule has 82 valence electrons. The molecule has 0 aliphatic heterocycles. The first-order valence-corrected chi connectivity index (χ1v) is 5.73. The van der Waals surface area contributed by atoms with Crippen molar-refractivity contribution in [2.45, 2.75) is 13.8 Å². The second-order valence-corrected chi connectivity index (χ2v) is 4.66. The zero-order valence-corrected chi connectivity index (χ0v) is 10.7. The third-order valence-electron chi connectivity index (χ3n) is 2.31. The fourth-order valence-corrected chi connectivity index (χ4v) is 2.07. The van der Waals surface area contributed by atoms with E-state index in [2.05, 4.69) is 15.9 Å². The SMILES string of the molecule is Cc1cc(C)cc(C(=O)c2occc2Br)c1. The summed E-state index contributed by atoms with van der Waals surface area (Å²) in [5.74, 6) is 0.258. The molecule has 0 aliphatic carbocycles. The van der Waals surface area contributed by atoms with Crippen LogP contribution in [0.2, 0.25) is 0 Å². The van der Waals surface area contributed by atoms with Gasteiger partial charge in [0, 0.05) is 5.56 Å². The summed E-state index contributed by atoms with van der Waals surface area (Å²) in [4.78, 5) is 12.1. The number of halogens is 1. The number of hydrogen-bond donors (Lipinski definition) is 0. The molecule has 16 heavy (non-hydrogen) atoms. The van der Waals surface area contributed by atoms with Crippen LogP contribution >= 0.6 is 15.9 Å². The number of rotatable bonds is 2. The van der Waals surface area contributed by atoms with Crippen LogP contribution in [0.25, 0.3) is 0 Å². The molecule has 2 nitrogen and oxygen atoms in total. The molecule has 0 spiro atoms. The number of carbonyl (C=O) groups excluding carboxylic acids is 1. The molecular formula is C13H11BrO2. The zero-order valence-electron chi connectivity index (χ0n) is 9.08. The minimum absolute atomic E-state index is 0.0938. The minimum Gasteiger partial charge on any atom is -0.460 e. The van der Waals surface area contributed by atoms with E-state index in [-0.39, 0.29) is 5.78 Å². The second kappa shape index (κ2) is 4.26. The van der Waals surface area contributed by atoms with Crippen molar-refractivity contribution in [2.75, 3.05) is 0 Å². The van der Waals surface area contributed by atoms with Gasteiger partial charge in [0.15, 0.2) is 5.76 Å². The monoisotopic (exact) mass is 278 g/mol. The maximum Gasteiger partial charge on any atom is 0.229 e. The van der Waals surface area contributed by atoms with E-state index in [0.29, 0.717) is 15.8 Å². The number of furan rings is 1. The Morgan fingerprint density at radius 2 is 1.81 bits per heavy atom. The van der Waals surface area contributed by atoms with E-state index in [4.69, 9.17) is 4.42 Å². The standard InChI is InChI=1S/C13H11BrO2/c1-8-5-9(2)7-10(6-8)12(15)13-11(14)3-4-16-13/h3-7H,1-2H3. The third kappa shape index (κ3) is 2.09. The summed E-state index contributed by atoms with van der Waals surface area (Å²) < 4.78 is 5.86. The fourth-order valence-electron chi connectivity index (χ4n) is 1.69. The van der Waals surface area contributed by atoms with Gasteiger partial charge in [0.1, 0.15) is 0 Å². The molecule has 3 heteroatoms. The van der Waals surface area contributed by atoms with Crippen molar-refractivity contribution in [2.24, 2.45) is 0 Å². The number of carbonyl (C=O) groups is 1. The van der Waals surface area contributed by atoms with E-state index in [1.54, 1.807) is 6.07 Å². The van der Waals surface area contributed by atoms with Crippen LogP contribution in [0.1, 0.15) is 27.2 Å². The molecular weight excluding hydrogens is 268 g/mol. The van der Waals surface area contributed by atoms with Crippen LogP contribution in [-0.4, -0.2) is 5.78 Å². The highest BCUT2D eigenvalue weighted by Gasteiger charge is 2.16.